The average molecular weight is 362 g/mol. The molecule has 2 heteroatoms. The Bertz CT molecular complexity index is 415. The number of nitrogens with zero attached hydrogens (tertiary/aromatic N) is 1. The van der Waals surface area contributed by atoms with Crippen molar-refractivity contribution in [3.05, 3.63) is 29.8 Å². The second kappa shape index (κ2) is 16.2. The first-order valence-electron chi connectivity index (χ1n) is 11.2. The molecular weight excluding hydrogens is 318 g/mol. The first-order valence-corrected chi connectivity index (χ1v) is 11.2. The second-order valence-electron chi connectivity index (χ2n) is 7.77. The molecule has 0 aliphatic heterocycles. The lowest BCUT2D eigenvalue weighted by molar-refractivity contribution is 0.303. The number of benzene rings is 1. The van der Waals surface area contributed by atoms with Crippen LogP contribution in [0.1, 0.15) is 96.5 Å². The van der Waals surface area contributed by atoms with E-state index >= 15 is 0 Å². The van der Waals surface area contributed by atoms with Gasteiger partial charge in [0.1, 0.15) is 5.75 Å². The Morgan fingerprint density at radius 2 is 1.23 bits per heavy atom. The van der Waals surface area contributed by atoms with Crippen molar-refractivity contribution in [2.75, 3.05) is 20.2 Å². The van der Waals surface area contributed by atoms with Gasteiger partial charge in [0.05, 0.1) is 6.61 Å². The SMILES string of the molecule is CCCCCCCCCCCCOc1ccc(CN(C)CCCC)cc1. The number of hydrogen-bond acceptors (Lipinski definition) is 2. The third kappa shape index (κ3) is 12.4. The van der Waals surface area contributed by atoms with Gasteiger partial charge in [-0.1, -0.05) is 90.2 Å². The summed E-state index contributed by atoms with van der Waals surface area (Å²) >= 11 is 0. The maximum absolute atomic E-state index is 5.89. The maximum atomic E-state index is 5.89. The summed E-state index contributed by atoms with van der Waals surface area (Å²) in [7, 11) is 2.20. The lowest BCUT2D eigenvalue weighted by atomic mass is 10.1. The lowest BCUT2D eigenvalue weighted by Crippen LogP contribution is -2.18. The summed E-state index contributed by atoms with van der Waals surface area (Å²) in [5, 5.41) is 0. The fourth-order valence-electron chi connectivity index (χ4n) is 3.29. The minimum Gasteiger partial charge on any atom is -0.494 e. The Labute approximate surface area is 163 Å². The molecule has 0 aliphatic carbocycles. The zero-order valence-electron chi connectivity index (χ0n) is 17.8. The van der Waals surface area contributed by atoms with Crippen LogP contribution in [0.25, 0.3) is 0 Å². The largest absolute Gasteiger partial charge is 0.494 e. The Hall–Kier alpha value is -1.02. The Balaban J connectivity index is 2.00. The normalized spacial score (nSPS) is 11.2. The van der Waals surface area contributed by atoms with Crippen LogP contribution in [0.2, 0.25) is 0 Å². The molecule has 0 aliphatic rings. The minimum absolute atomic E-state index is 0.853. The molecule has 0 saturated carbocycles. The molecule has 0 fully saturated rings. The van der Waals surface area contributed by atoms with Crippen LogP contribution >= 0.6 is 0 Å². The van der Waals surface area contributed by atoms with Crippen LogP contribution in [0.5, 0.6) is 5.75 Å². The first kappa shape index (κ1) is 23.0. The number of rotatable bonds is 17. The zero-order chi connectivity index (χ0) is 18.9. The molecule has 1 rings (SSSR count). The predicted octanol–water partition coefficient (Wildman–Crippen LogP) is 7.22. The Morgan fingerprint density at radius 3 is 1.81 bits per heavy atom. The van der Waals surface area contributed by atoms with E-state index < -0.39 is 0 Å². The Kier molecular flexibility index (Phi) is 14.3. The van der Waals surface area contributed by atoms with E-state index in [9.17, 15) is 0 Å². The van der Waals surface area contributed by atoms with Gasteiger partial charge in [0.25, 0.3) is 0 Å². The first-order chi connectivity index (χ1) is 12.8. The summed E-state index contributed by atoms with van der Waals surface area (Å²) in [6.45, 7) is 7.58. The predicted molar refractivity (Wildman–Crippen MR) is 115 cm³/mol. The summed E-state index contributed by atoms with van der Waals surface area (Å²) in [5.74, 6) is 1.01. The van der Waals surface area contributed by atoms with Crippen LogP contribution < -0.4 is 4.74 Å². The van der Waals surface area contributed by atoms with Gasteiger partial charge in [-0.3, -0.25) is 0 Å². The van der Waals surface area contributed by atoms with E-state index in [2.05, 4.69) is 50.1 Å². The number of unbranched alkanes of at least 4 members (excludes halogenated alkanes) is 10. The van der Waals surface area contributed by atoms with Crippen molar-refractivity contribution in [3.63, 3.8) is 0 Å². The molecular formula is C24H43NO. The van der Waals surface area contributed by atoms with Crippen molar-refractivity contribution in [1.29, 1.82) is 0 Å². The fraction of sp³-hybridized carbons (Fsp3) is 0.750. The van der Waals surface area contributed by atoms with Gasteiger partial charge in [0, 0.05) is 6.54 Å². The molecule has 1 aromatic carbocycles. The molecule has 0 N–H and O–H groups in total. The molecule has 0 aromatic heterocycles. The van der Waals surface area contributed by atoms with Gasteiger partial charge in [0.2, 0.25) is 0 Å². The van der Waals surface area contributed by atoms with Crippen molar-refractivity contribution < 1.29 is 4.74 Å². The smallest absolute Gasteiger partial charge is 0.119 e. The van der Waals surface area contributed by atoms with Gasteiger partial charge in [0.15, 0.2) is 0 Å². The van der Waals surface area contributed by atoms with Gasteiger partial charge in [-0.25, -0.2) is 0 Å². The molecule has 0 spiro atoms. The van der Waals surface area contributed by atoms with Crippen LogP contribution in [0.4, 0.5) is 0 Å². The van der Waals surface area contributed by atoms with Gasteiger partial charge < -0.3 is 9.64 Å². The zero-order valence-corrected chi connectivity index (χ0v) is 17.8. The fourth-order valence-corrected chi connectivity index (χ4v) is 3.29. The van der Waals surface area contributed by atoms with Crippen molar-refractivity contribution in [3.8, 4) is 5.75 Å². The molecule has 0 amide bonds. The monoisotopic (exact) mass is 361 g/mol. The summed E-state index contributed by atoms with van der Waals surface area (Å²) < 4.78 is 5.89. The highest BCUT2D eigenvalue weighted by atomic mass is 16.5. The number of ether oxygens (including phenoxy) is 1. The molecule has 0 unspecified atom stereocenters. The average Bonchev–Trinajstić information content (AvgIpc) is 2.65. The van der Waals surface area contributed by atoms with Crippen molar-refractivity contribution in [1.82, 2.24) is 4.90 Å². The van der Waals surface area contributed by atoms with Crippen molar-refractivity contribution in [2.45, 2.75) is 97.4 Å². The van der Waals surface area contributed by atoms with Gasteiger partial charge in [-0.15, -0.1) is 0 Å². The van der Waals surface area contributed by atoms with E-state index in [1.807, 2.05) is 0 Å². The molecule has 0 heterocycles. The molecule has 1 aromatic rings. The molecule has 0 atom stereocenters. The van der Waals surface area contributed by atoms with Gasteiger partial charge >= 0.3 is 0 Å². The van der Waals surface area contributed by atoms with Crippen molar-refractivity contribution in [2.24, 2.45) is 0 Å². The van der Waals surface area contributed by atoms with E-state index in [-0.39, 0.29) is 0 Å². The van der Waals surface area contributed by atoms with Crippen LogP contribution in [-0.2, 0) is 6.54 Å². The van der Waals surface area contributed by atoms with E-state index in [4.69, 9.17) is 4.74 Å². The van der Waals surface area contributed by atoms with Crippen molar-refractivity contribution >= 4 is 0 Å². The van der Waals surface area contributed by atoms with E-state index in [0.717, 1.165) is 18.9 Å². The highest BCUT2D eigenvalue weighted by Gasteiger charge is 2.01. The molecule has 0 radical (unpaired) electrons. The van der Waals surface area contributed by atoms with Gasteiger partial charge in [-0.05, 0) is 44.1 Å². The third-order valence-corrected chi connectivity index (χ3v) is 5.04. The van der Waals surface area contributed by atoms with Crippen LogP contribution in [-0.4, -0.2) is 25.1 Å². The molecule has 150 valence electrons. The quantitative estimate of drug-likeness (QED) is 0.272. The minimum atomic E-state index is 0.853. The molecule has 2 nitrogen and oxygen atoms in total. The highest BCUT2D eigenvalue weighted by Crippen LogP contribution is 2.15. The van der Waals surface area contributed by atoms with E-state index in [0.29, 0.717) is 0 Å². The molecule has 0 saturated heterocycles. The highest BCUT2D eigenvalue weighted by molar-refractivity contribution is 5.27. The number of hydrogen-bond donors (Lipinski definition) is 0. The summed E-state index contributed by atoms with van der Waals surface area (Å²) in [6.07, 6.45) is 16.2. The van der Waals surface area contributed by atoms with Crippen LogP contribution in [0, 0.1) is 0 Å². The third-order valence-electron chi connectivity index (χ3n) is 5.04. The summed E-state index contributed by atoms with van der Waals surface area (Å²) in [4.78, 5) is 2.39. The topological polar surface area (TPSA) is 12.5 Å². The second-order valence-corrected chi connectivity index (χ2v) is 7.77. The molecule has 0 bridgehead atoms. The van der Waals surface area contributed by atoms with E-state index in [1.54, 1.807) is 0 Å². The maximum Gasteiger partial charge on any atom is 0.119 e. The van der Waals surface area contributed by atoms with Crippen LogP contribution in [0.3, 0.4) is 0 Å². The standard InChI is InChI=1S/C24H43NO/c1-4-6-8-9-10-11-12-13-14-15-21-26-24-18-16-23(17-19-24)22-25(3)20-7-5-2/h16-19H,4-15,20-22H2,1-3H3. The van der Waals surface area contributed by atoms with Gasteiger partial charge in [-0.2, -0.15) is 0 Å². The summed E-state index contributed by atoms with van der Waals surface area (Å²) in [5.41, 5.74) is 1.37. The summed E-state index contributed by atoms with van der Waals surface area (Å²) in [6, 6.07) is 8.66. The lowest BCUT2D eigenvalue weighted by Gasteiger charge is -2.16. The Morgan fingerprint density at radius 1 is 0.692 bits per heavy atom. The molecule has 26 heavy (non-hydrogen) atoms. The van der Waals surface area contributed by atoms with E-state index in [1.165, 1.54) is 89.2 Å². The van der Waals surface area contributed by atoms with Crippen LogP contribution in [0.15, 0.2) is 24.3 Å².